The van der Waals surface area contributed by atoms with Crippen LogP contribution >= 0.6 is 0 Å². The van der Waals surface area contributed by atoms with E-state index in [1.54, 1.807) is 4.31 Å². The molecule has 2 unspecified atom stereocenters. The third kappa shape index (κ3) is 10.6. The molecule has 1 aliphatic heterocycles. The Kier molecular flexibility index (Phi) is 14.5. The average molecular weight is 701 g/mol. The normalized spacial score (nSPS) is 30.0. The SMILES string of the molecule is CC(C)CN([C@H](CO)CCCCNC(=O)[C@H](CC1=CNC2CCCCC12)NS(=O)(=O)C1CCC(C)CC1)S(=O)(=O)C1CCC(C)CC1. The van der Waals surface area contributed by atoms with Crippen LogP contribution < -0.4 is 15.4 Å². The number of fused-ring (bicyclic) bond motifs is 1. The van der Waals surface area contributed by atoms with E-state index in [1.165, 1.54) is 6.42 Å². The molecule has 3 fully saturated rings. The first-order chi connectivity index (χ1) is 22.3. The van der Waals surface area contributed by atoms with Crippen LogP contribution in [0.5, 0.6) is 0 Å². The lowest BCUT2D eigenvalue weighted by Gasteiger charge is -2.36. The summed E-state index contributed by atoms with van der Waals surface area (Å²) in [5.41, 5.74) is 1.12. The maximum atomic E-state index is 13.7. The highest BCUT2D eigenvalue weighted by molar-refractivity contribution is 7.90. The Hall–Kier alpha value is -1.21. The van der Waals surface area contributed by atoms with Crippen molar-refractivity contribution in [2.45, 2.75) is 159 Å². The van der Waals surface area contributed by atoms with E-state index in [2.05, 4.69) is 29.2 Å². The summed E-state index contributed by atoms with van der Waals surface area (Å²) in [6.07, 6.45) is 14.7. The molecule has 4 rings (SSSR count). The lowest BCUT2D eigenvalue weighted by molar-refractivity contribution is -0.122. The molecule has 4 atom stereocenters. The van der Waals surface area contributed by atoms with Crippen LogP contribution in [0.25, 0.3) is 0 Å². The molecule has 12 heteroatoms. The molecule has 0 aromatic heterocycles. The Balaban J connectivity index is 1.34. The van der Waals surface area contributed by atoms with Gasteiger partial charge in [0, 0.05) is 31.1 Å². The Bertz CT molecular complexity index is 1240. The Labute approximate surface area is 285 Å². The van der Waals surface area contributed by atoms with Crippen molar-refractivity contribution in [1.82, 2.24) is 19.7 Å². The van der Waals surface area contributed by atoms with Crippen LogP contribution in [0, 0.1) is 23.7 Å². The van der Waals surface area contributed by atoms with E-state index in [9.17, 15) is 26.7 Å². The molecule has 10 nitrogen and oxygen atoms in total. The largest absolute Gasteiger partial charge is 0.395 e. The van der Waals surface area contributed by atoms with Gasteiger partial charge in [0.05, 0.1) is 17.1 Å². The molecule has 4 aliphatic rings. The quantitative estimate of drug-likeness (QED) is 0.160. The van der Waals surface area contributed by atoms with Gasteiger partial charge in [-0.3, -0.25) is 4.79 Å². The van der Waals surface area contributed by atoms with Gasteiger partial charge in [0.2, 0.25) is 26.0 Å². The number of nitrogens with zero attached hydrogens (tertiary/aromatic N) is 1. The fourth-order valence-corrected chi connectivity index (χ4v) is 12.3. The number of unbranched alkanes of at least 4 members (excludes halogenated alkanes) is 1. The highest BCUT2D eigenvalue weighted by Crippen LogP contribution is 2.36. The monoisotopic (exact) mass is 700 g/mol. The number of carbonyl (C=O) groups is 1. The third-order valence-corrected chi connectivity index (χ3v) is 15.7. The Morgan fingerprint density at radius 1 is 0.915 bits per heavy atom. The van der Waals surface area contributed by atoms with E-state index >= 15 is 0 Å². The van der Waals surface area contributed by atoms with Crippen LogP contribution in [0.4, 0.5) is 0 Å². The van der Waals surface area contributed by atoms with Crippen LogP contribution in [0.15, 0.2) is 11.8 Å². The molecule has 3 saturated carbocycles. The topological polar surface area (TPSA) is 145 Å². The van der Waals surface area contributed by atoms with Crippen LogP contribution in [0.1, 0.15) is 130 Å². The molecule has 0 bridgehead atoms. The van der Waals surface area contributed by atoms with Gasteiger partial charge >= 0.3 is 0 Å². The average Bonchev–Trinajstić information content (AvgIpc) is 3.44. The number of aliphatic hydroxyl groups excluding tert-OH is 1. The standard InChI is InChI=1S/C35H64N4O6S2/c1-25(2)23-39(47(44,45)31-18-14-27(4)15-19-31)29(24-40)9-7-8-20-36-35(41)34(21-28-22-37-33-11-6-5-10-32(28)33)38-46(42,43)30-16-12-26(3)13-17-30/h22,25-27,29-34,37-38,40H,5-21,23-24H2,1-4H3,(H,36,41)/t26?,27?,29-,30?,31?,32?,33?,34-/m0/s1. The predicted molar refractivity (Wildman–Crippen MR) is 188 cm³/mol. The lowest BCUT2D eigenvalue weighted by atomic mass is 9.80. The zero-order valence-electron chi connectivity index (χ0n) is 29.5. The van der Waals surface area contributed by atoms with E-state index in [4.69, 9.17) is 0 Å². The maximum Gasteiger partial charge on any atom is 0.238 e. The van der Waals surface area contributed by atoms with Gasteiger partial charge in [-0.05, 0) is 113 Å². The molecule has 0 saturated heterocycles. The van der Waals surface area contributed by atoms with Gasteiger partial charge < -0.3 is 15.7 Å². The molecule has 4 N–H and O–H groups in total. The van der Waals surface area contributed by atoms with E-state index in [1.807, 2.05) is 20.0 Å². The number of amides is 1. The van der Waals surface area contributed by atoms with Crippen molar-refractivity contribution >= 4 is 26.0 Å². The number of aliphatic hydroxyl groups is 1. The molecule has 0 aromatic carbocycles. The summed E-state index contributed by atoms with van der Waals surface area (Å²) in [5.74, 6) is 1.24. The number of hydrogen-bond acceptors (Lipinski definition) is 7. The first kappa shape index (κ1) is 38.6. The highest BCUT2D eigenvalue weighted by atomic mass is 32.2. The van der Waals surface area contributed by atoms with E-state index in [0.29, 0.717) is 88.3 Å². The van der Waals surface area contributed by atoms with Crippen molar-refractivity contribution in [2.24, 2.45) is 23.7 Å². The summed E-state index contributed by atoms with van der Waals surface area (Å²) in [7, 11) is -7.21. The summed E-state index contributed by atoms with van der Waals surface area (Å²) in [6, 6.07) is -0.997. The molecule has 1 amide bonds. The van der Waals surface area contributed by atoms with Crippen LogP contribution in [0.3, 0.4) is 0 Å². The molecule has 0 spiro atoms. The first-order valence-electron chi connectivity index (χ1n) is 18.7. The van der Waals surface area contributed by atoms with Crippen LogP contribution in [0.2, 0.25) is 0 Å². The minimum atomic E-state index is -3.67. The van der Waals surface area contributed by atoms with Gasteiger partial charge in [-0.2, -0.15) is 4.31 Å². The molecule has 272 valence electrons. The summed E-state index contributed by atoms with van der Waals surface area (Å²) in [6.45, 7) is 8.83. The van der Waals surface area contributed by atoms with Crippen molar-refractivity contribution in [1.29, 1.82) is 0 Å². The van der Waals surface area contributed by atoms with Gasteiger partial charge in [-0.1, -0.05) is 47.0 Å². The van der Waals surface area contributed by atoms with Crippen LogP contribution in [-0.2, 0) is 24.8 Å². The Morgan fingerprint density at radius 2 is 1.53 bits per heavy atom. The minimum absolute atomic E-state index is 0.132. The maximum absolute atomic E-state index is 13.7. The minimum Gasteiger partial charge on any atom is -0.395 e. The van der Waals surface area contributed by atoms with Gasteiger partial charge in [0.25, 0.3) is 0 Å². The molecular weight excluding hydrogens is 637 g/mol. The molecule has 1 heterocycles. The Morgan fingerprint density at radius 3 is 2.15 bits per heavy atom. The van der Waals surface area contributed by atoms with Gasteiger partial charge in [-0.25, -0.2) is 21.6 Å². The fourth-order valence-electron chi connectivity index (χ4n) is 8.27. The zero-order chi connectivity index (χ0) is 34.2. The van der Waals surface area contributed by atoms with Crippen LogP contribution in [-0.4, -0.2) is 80.5 Å². The number of carbonyl (C=O) groups excluding carboxylic acids is 1. The number of sulfonamides is 2. The van der Waals surface area contributed by atoms with Crippen molar-refractivity contribution < 1.29 is 26.7 Å². The van der Waals surface area contributed by atoms with Crippen molar-refractivity contribution in [2.75, 3.05) is 19.7 Å². The second-order valence-corrected chi connectivity index (χ2v) is 19.9. The van der Waals surface area contributed by atoms with Gasteiger partial charge in [-0.15, -0.1) is 0 Å². The molecule has 0 aromatic rings. The summed E-state index contributed by atoms with van der Waals surface area (Å²) >= 11 is 0. The predicted octanol–water partition coefficient (Wildman–Crippen LogP) is 4.80. The lowest BCUT2D eigenvalue weighted by Crippen LogP contribution is -2.50. The fraction of sp³-hybridized carbons (Fsp3) is 0.914. The number of rotatable bonds is 17. The van der Waals surface area contributed by atoms with E-state index < -0.39 is 42.6 Å². The molecule has 47 heavy (non-hydrogen) atoms. The molecule has 3 aliphatic carbocycles. The smallest absolute Gasteiger partial charge is 0.238 e. The molecule has 0 radical (unpaired) electrons. The summed E-state index contributed by atoms with van der Waals surface area (Å²) < 4.78 is 58.9. The summed E-state index contributed by atoms with van der Waals surface area (Å²) in [4.78, 5) is 13.6. The van der Waals surface area contributed by atoms with E-state index in [0.717, 1.165) is 50.5 Å². The third-order valence-electron chi connectivity index (χ3n) is 11.3. The first-order valence-corrected chi connectivity index (χ1v) is 21.7. The van der Waals surface area contributed by atoms with Crippen molar-refractivity contribution in [3.8, 4) is 0 Å². The highest BCUT2D eigenvalue weighted by Gasteiger charge is 2.39. The van der Waals surface area contributed by atoms with Crippen molar-refractivity contribution in [3.05, 3.63) is 11.8 Å². The number of hydrogen-bond donors (Lipinski definition) is 4. The van der Waals surface area contributed by atoms with E-state index in [-0.39, 0.29) is 18.4 Å². The van der Waals surface area contributed by atoms with Gasteiger partial charge in [0.1, 0.15) is 6.04 Å². The summed E-state index contributed by atoms with van der Waals surface area (Å²) in [5, 5.41) is 15.9. The van der Waals surface area contributed by atoms with Gasteiger partial charge in [0.15, 0.2) is 0 Å². The second kappa shape index (κ2) is 17.6. The van der Waals surface area contributed by atoms with Crippen molar-refractivity contribution in [3.63, 3.8) is 0 Å². The number of nitrogens with one attached hydrogen (secondary N) is 3. The molecular formula is C35H64N4O6S2. The zero-order valence-corrected chi connectivity index (χ0v) is 31.1. The second-order valence-electron chi connectivity index (χ2n) is 15.7.